The molecular weight excluding hydrogens is 244 g/mol. The van der Waals surface area contributed by atoms with Crippen molar-refractivity contribution in [3.8, 4) is 0 Å². The second-order valence-corrected chi connectivity index (χ2v) is 5.64. The van der Waals surface area contributed by atoms with Crippen molar-refractivity contribution >= 4 is 5.69 Å². The summed E-state index contributed by atoms with van der Waals surface area (Å²) in [6.45, 7) is 8.42. The quantitative estimate of drug-likeness (QED) is 0.851. The van der Waals surface area contributed by atoms with Crippen LogP contribution >= 0.6 is 0 Å². The summed E-state index contributed by atoms with van der Waals surface area (Å²) in [6.07, 6.45) is 0. The molecule has 2 aromatic carbocycles. The van der Waals surface area contributed by atoms with Crippen LogP contribution in [0.5, 0.6) is 0 Å². The van der Waals surface area contributed by atoms with Crippen molar-refractivity contribution in [2.75, 3.05) is 18.0 Å². The topological polar surface area (TPSA) is 15.3 Å². The molecule has 0 radical (unpaired) electrons. The van der Waals surface area contributed by atoms with E-state index in [0.717, 1.165) is 26.2 Å². The van der Waals surface area contributed by atoms with Gasteiger partial charge in [0.25, 0.3) is 0 Å². The fraction of sp³-hybridized carbons (Fsp3) is 0.333. The Morgan fingerprint density at radius 2 is 1.75 bits per heavy atom. The van der Waals surface area contributed by atoms with Gasteiger partial charge in [0.1, 0.15) is 0 Å². The molecule has 2 aromatic rings. The van der Waals surface area contributed by atoms with Crippen LogP contribution < -0.4 is 10.2 Å². The number of hydrogen-bond acceptors (Lipinski definition) is 2. The molecule has 2 heteroatoms. The maximum Gasteiger partial charge on any atom is 0.0433 e. The van der Waals surface area contributed by atoms with Gasteiger partial charge in [0, 0.05) is 31.9 Å². The van der Waals surface area contributed by atoms with Gasteiger partial charge in [-0.15, -0.1) is 0 Å². The zero-order chi connectivity index (χ0) is 13.9. The molecule has 0 saturated heterocycles. The molecule has 0 aliphatic carbocycles. The maximum atomic E-state index is 3.53. The van der Waals surface area contributed by atoms with Crippen molar-refractivity contribution in [1.82, 2.24) is 5.32 Å². The largest absolute Gasteiger partial charge is 0.366 e. The summed E-state index contributed by atoms with van der Waals surface area (Å²) in [7, 11) is 0. The summed E-state index contributed by atoms with van der Waals surface area (Å²) < 4.78 is 0. The van der Waals surface area contributed by atoms with Crippen molar-refractivity contribution in [3.05, 3.63) is 64.7 Å². The molecule has 0 spiro atoms. The predicted octanol–water partition coefficient (Wildman–Crippen LogP) is 3.41. The molecule has 1 aliphatic rings. The van der Waals surface area contributed by atoms with Gasteiger partial charge in [-0.25, -0.2) is 0 Å². The van der Waals surface area contributed by atoms with Crippen LogP contribution in [-0.2, 0) is 13.1 Å². The monoisotopic (exact) mass is 266 g/mol. The van der Waals surface area contributed by atoms with Gasteiger partial charge in [-0.05, 0) is 48.2 Å². The highest BCUT2D eigenvalue weighted by molar-refractivity contribution is 5.51. The molecule has 3 rings (SSSR count). The Morgan fingerprint density at radius 1 is 0.950 bits per heavy atom. The third-order valence-corrected chi connectivity index (χ3v) is 4.21. The first kappa shape index (κ1) is 13.2. The van der Waals surface area contributed by atoms with Gasteiger partial charge in [0.05, 0.1) is 0 Å². The number of rotatable bonds is 1. The Hall–Kier alpha value is -1.80. The van der Waals surface area contributed by atoms with Crippen LogP contribution in [-0.4, -0.2) is 13.1 Å². The zero-order valence-electron chi connectivity index (χ0n) is 12.3. The summed E-state index contributed by atoms with van der Waals surface area (Å²) >= 11 is 0. The Balaban J connectivity index is 1.92. The lowest BCUT2D eigenvalue weighted by molar-refractivity contribution is 0.631. The molecule has 0 amide bonds. The van der Waals surface area contributed by atoms with E-state index in [1.54, 1.807) is 0 Å². The van der Waals surface area contributed by atoms with Gasteiger partial charge in [0.15, 0.2) is 0 Å². The van der Waals surface area contributed by atoms with E-state index in [-0.39, 0.29) is 0 Å². The third-order valence-electron chi connectivity index (χ3n) is 4.21. The third kappa shape index (κ3) is 2.70. The second-order valence-electron chi connectivity index (χ2n) is 5.64. The number of aryl methyl sites for hydroxylation is 2. The van der Waals surface area contributed by atoms with Gasteiger partial charge in [0.2, 0.25) is 0 Å². The van der Waals surface area contributed by atoms with Crippen molar-refractivity contribution in [3.63, 3.8) is 0 Å². The Bertz CT molecular complexity index is 604. The number of benzene rings is 2. The van der Waals surface area contributed by atoms with E-state index in [2.05, 4.69) is 66.5 Å². The molecule has 0 fully saturated rings. The second kappa shape index (κ2) is 5.68. The highest BCUT2D eigenvalue weighted by atomic mass is 15.1. The fourth-order valence-corrected chi connectivity index (χ4v) is 2.75. The van der Waals surface area contributed by atoms with E-state index in [0.29, 0.717) is 0 Å². The number of nitrogens with zero attached hydrogens (tertiary/aromatic N) is 1. The van der Waals surface area contributed by atoms with Gasteiger partial charge >= 0.3 is 0 Å². The highest BCUT2D eigenvalue weighted by Crippen LogP contribution is 2.22. The average Bonchev–Trinajstić information content (AvgIpc) is 2.43. The van der Waals surface area contributed by atoms with Crippen LogP contribution in [0.2, 0.25) is 0 Å². The van der Waals surface area contributed by atoms with Gasteiger partial charge in [-0.2, -0.15) is 0 Å². The lowest BCUT2D eigenvalue weighted by Crippen LogP contribution is -2.34. The molecule has 0 saturated carbocycles. The molecule has 0 bridgehead atoms. The van der Waals surface area contributed by atoms with Crippen molar-refractivity contribution < 1.29 is 0 Å². The molecule has 2 nitrogen and oxygen atoms in total. The standard InChI is InChI=1S/C18H22N2/c1-14-7-8-18(11-15(14)2)20-10-9-19-12-16-5-3-4-6-17(16)13-20/h3-8,11,19H,9-10,12-13H2,1-2H3. The SMILES string of the molecule is Cc1ccc(N2CCNCc3ccccc3C2)cc1C. The predicted molar refractivity (Wildman–Crippen MR) is 85.1 cm³/mol. The summed E-state index contributed by atoms with van der Waals surface area (Å²) in [4.78, 5) is 2.47. The number of hydrogen-bond donors (Lipinski definition) is 1. The van der Waals surface area contributed by atoms with Gasteiger partial charge < -0.3 is 10.2 Å². The number of anilines is 1. The van der Waals surface area contributed by atoms with Crippen LogP contribution in [0.3, 0.4) is 0 Å². The number of fused-ring (bicyclic) bond motifs is 1. The van der Waals surface area contributed by atoms with E-state index < -0.39 is 0 Å². The molecule has 1 N–H and O–H groups in total. The molecular formula is C18H22N2. The smallest absolute Gasteiger partial charge is 0.0433 e. The Kier molecular flexibility index (Phi) is 3.75. The normalized spacial score (nSPS) is 15.4. The first-order chi connectivity index (χ1) is 9.74. The number of nitrogens with one attached hydrogen (secondary N) is 1. The molecule has 104 valence electrons. The molecule has 0 aromatic heterocycles. The molecule has 20 heavy (non-hydrogen) atoms. The Labute approximate surface area is 121 Å². The van der Waals surface area contributed by atoms with Crippen LogP contribution in [0.15, 0.2) is 42.5 Å². The summed E-state index contributed by atoms with van der Waals surface area (Å²) in [5, 5.41) is 3.53. The summed E-state index contributed by atoms with van der Waals surface area (Å²) in [6, 6.07) is 15.5. The highest BCUT2D eigenvalue weighted by Gasteiger charge is 2.13. The minimum atomic E-state index is 0.983. The molecule has 1 heterocycles. The first-order valence-electron chi connectivity index (χ1n) is 7.34. The van der Waals surface area contributed by atoms with E-state index in [1.807, 2.05) is 0 Å². The summed E-state index contributed by atoms with van der Waals surface area (Å²) in [5.74, 6) is 0. The molecule has 0 atom stereocenters. The van der Waals surface area contributed by atoms with Crippen molar-refractivity contribution in [2.24, 2.45) is 0 Å². The van der Waals surface area contributed by atoms with E-state index in [9.17, 15) is 0 Å². The van der Waals surface area contributed by atoms with Crippen LogP contribution in [0.25, 0.3) is 0 Å². The van der Waals surface area contributed by atoms with Gasteiger partial charge in [-0.1, -0.05) is 30.3 Å². The van der Waals surface area contributed by atoms with E-state index in [4.69, 9.17) is 0 Å². The summed E-state index contributed by atoms with van der Waals surface area (Å²) in [5.41, 5.74) is 6.90. The van der Waals surface area contributed by atoms with Crippen LogP contribution in [0, 0.1) is 13.8 Å². The zero-order valence-corrected chi connectivity index (χ0v) is 12.3. The van der Waals surface area contributed by atoms with E-state index >= 15 is 0 Å². The Morgan fingerprint density at radius 3 is 2.55 bits per heavy atom. The van der Waals surface area contributed by atoms with Crippen molar-refractivity contribution in [1.29, 1.82) is 0 Å². The van der Waals surface area contributed by atoms with Crippen LogP contribution in [0.4, 0.5) is 5.69 Å². The lowest BCUT2D eigenvalue weighted by Gasteiger charge is -2.29. The first-order valence-corrected chi connectivity index (χ1v) is 7.34. The molecule has 1 aliphatic heterocycles. The minimum Gasteiger partial charge on any atom is -0.366 e. The van der Waals surface area contributed by atoms with Crippen LogP contribution in [0.1, 0.15) is 22.3 Å². The van der Waals surface area contributed by atoms with E-state index in [1.165, 1.54) is 27.9 Å². The van der Waals surface area contributed by atoms with Crippen molar-refractivity contribution in [2.45, 2.75) is 26.9 Å². The average molecular weight is 266 g/mol. The maximum absolute atomic E-state index is 3.53. The molecule has 0 unspecified atom stereocenters. The fourth-order valence-electron chi connectivity index (χ4n) is 2.75. The van der Waals surface area contributed by atoms with Gasteiger partial charge in [-0.3, -0.25) is 0 Å². The lowest BCUT2D eigenvalue weighted by atomic mass is 10.0. The minimum absolute atomic E-state index is 0.983.